The molecule has 0 saturated heterocycles. The van der Waals surface area contributed by atoms with Crippen LogP contribution in [-0.2, 0) is 0 Å². The fourth-order valence-corrected chi connectivity index (χ4v) is 2.71. The van der Waals surface area contributed by atoms with Crippen LogP contribution in [0.1, 0.15) is 25.7 Å². The van der Waals surface area contributed by atoms with Crippen LogP contribution in [0, 0.1) is 11.8 Å². The molecule has 1 aliphatic rings. The molecular weight excluding hydrogens is 288 g/mol. The van der Waals surface area contributed by atoms with Gasteiger partial charge in [-0.15, -0.1) is 0 Å². The topological polar surface area (TPSA) is 123 Å². The van der Waals surface area contributed by atoms with Gasteiger partial charge >= 0.3 is 12.1 Å². The molecule has 2 unspecified atom stereocenters. The lowest BCUT2D eigenvalue weighted by Gasteiger charge is -2.29. The van der Waals surface area contributed by atoms with E-state index in [9.17, 15) is 9.59 Å². The van der Waals surface area contributed by atoms with Crippen molar-refractivity contribution < 1.29 is 19.8 Å². The number of hydrogen-bond donors (Lipinski definition) is 6. The SMILES string of the molecule is O=C(NCCO)NCC1CCCC(CNC(=O)NCCO)C1. The summed E-state index contributed by atoms with van der Waals surface area (Å²) in [5.41, 5.74) is 0. The van der Waals surface area contributed by atoms with Gasteiger partial charge in [0.25, 0.3) is 0 Å². The Hall–Kier alpha value is -1.54. The van der Waals surface area contributed by atoms with Crippen LogP contribution in [0.4, 0.5) is 9.59 Å². The van der Waals surface area contributed by atoms with Gasteiger partial charge in [-0.25, -0.2) is 9.59 Å². The Balaban J connectivity index is 2.18. The quantitative estimate of drug-likeness (QED) is 0.357. The van der Waals surface area contributed by atoms with Crippen LogP contribution < -0.4 is 21.3 Å². The normalized spacial score (nSPS) is 21.0. The molecule has 8 nitrogen and oxygen atoms in total. The number of aliphatic hydroxyl groups excluding tert-OH is 2. The first-order valence-corrected chi connectivity index (χ1v) is 7.90. The lowest BCUT2D eigenvalue weighted by Crippen LogP contribution is -2.42. The molecule has 0 aliphatic heterocycles. The Labute approximate surface area is 131 Å². The number of urea groups is 2. The van der Waals surface area contributed by atoms with Gasteiger partial charge in [-0.1, -0.05) is 6.42 Å². The van der Waals surface area contributed by atoms with E-state index in [4.69, 9.17) is 10.2 Å². The van der Waals surface area contributed by atoms with E-state index in [-0.39, 0.29) is 38.4 Å². The second-order valence-electron chi connectivity index (χ2n) is 5.62. The van der Waals surface area contributed by atoms with E-state index in [0.29, 0.717) is 24.9 Å². The standard InChI is InChI=1S/C14H28N4O4/c19-6-4-15-13(21)17-9-11-2-1-3-12(8-11)10-18-14(22)16-5-7-20/h11-12,19-20H,1-10H2,(H2,15,17,21)(H2,16,18,22). The minimum Gasteiger partial charge on any atom is -0.395 e. The summed E-state index contributed by atoms with van der Waals surface area (Å²) in [6.45, 7) is 1.61. The summed E-state index contributed by atoms with van der Waals surface area (Å²) in [6, 6.07) is -0.504. The van der Waals surface area contributed by atoms with E-state index < -0.39 is 0 Å². The highest BCUT2D eigenvalue weighted by atomic mass is 16.3. The van der Waals surface area contributed by atoms with Crippen molar-refractivity contribution in [2.75, 3.05) is 39.4 Å². The second kappa shape index (κ2) is 11.1. The molecule has 6 N–H and O–H groups in total. The second-order valence-corrected chi connectivity index (χ2v) is 5.62. The Morgan fingerprint density at radius 2 is 1.27 bits per heavy atom. The lowest BCUT2D eigenvalue weighted by molar-refractivity contribution is 0.217. The molecule has 8 heteroatoms. The number of aliphatic hydroxyl groups is 2. The Morgan fingerprint density at radius 1 is 0.818 bits per heavy atom. The minimum atomic E-state index is -0.252. The highest BCUT2D eigenvalue weighted by Gasteiger charge is 2.22. The van der Waals surface area contributed by atoms with Crippen molar-refractivity contribution in [1.29, 1.82) is 0 Å². The smallest absolute Gasteiger partial charge is 0.314 e. The molecule has 0 aromatic heterocycles. The molecule has 0 aromatic rings. The maximum absolute atomic E-state index is 11.4. The third-order valence-electron chi connectivity index (χ3n) is 3.79. The molecule has 0 spiro atoms. The van der Waals surface area contributed by atoms with Crippen molar-refractivity contribution in [3.05, 3.63) is 0 Å². The van der Waals surface area contributed by atoms with Crippen LogP contribution in [0.25, 0.3) is 0 Å². The molecule has 22 heavy (non-hydrogen) atoms. The molecule has 128 valence electrons. The van der Waals surface area contributed by atoms with Crippen LogP contribution in [0.3, 0.4) is 0 Å². The van der Waals surface area contributed by atoms with Crippen molar-refractivity contribution in [1.82, 2.24) is 21.3 Å². The maximum Gasteiger partial charge on any atom is 0.314 e. The highest BCUT2D eigenvalue weighted by molar-refractivity contribution is 5.74. The molecule has 1 aliphatic carbocycles. The summed E-state index contributed by atoms with van der Waals surface area (Å²) in [6.07, 6.45) is 4.22. The predicted octanol–water partition coefficient (Wildman–Crippen LogP) is -0.624. The molecule has 0 heterocycles. The van der Waals surface area contributed by atoms with Gasteiger partial charge in [0, 0.05) is 26.2 Å². The van der Waals surface area contributed by atoms with Gasteiger partial charge in [0.1, 0.15) is 0 Å². The van der Waals surface area contributed by atoms with Gasteiger partial charge in [-0.3, -0.25) is 0 Å². The summed E-state index contributed by atoms with van der Waals surface area (Å²) >= 11 is 0. The first kappa shape index (κ1) is 18.5. The molecular formula is C14H28N4O4. The molecule has 0 aromatic carbocycles. The molecule has 2 atom stereocenters. The van der Waals surface area contributed by atoms with Crippen molar-refractivity contribution in [2.24, 2.45) is 11.8 Å². The van der Waals surface area contributed by atoms with Crippen LogP contribution in [0.5, 0.6) is 0 Å². The zero-order valence-electron chi connectivity index (χ0n) is 12.9. The van der Waals surface area contributed by atoms with Gasteiger partial charge in [0.2, 0.25) is 0 Å². The Morgan fingerprint density at radius 3 is 1.68 bits per heavy atom. The fourth-order valence-electron chi connectivity index (χ4n) is 2.71. The van der Waals surface area contributed by atoms with Gasteiger partial charge in [0.15, 0.2) is 0 Å². The summed E-state index contributed by atoms with van der Waals surface area (Å²) in [7, 11) is 0. The van der Waals surface area contributed by atoms with Crippen LogP contribution in [0.2, 0.25) is 0 Å². The van der Waals surface area contributed by atoms with Gasteiger partial charge in [-0.05, 0) is 31.1 Å². The van der Waals surface area contributed by atoms with E-state index in [2.05, 4.69) is 21.3 Å². The third-order valence-corrected chi connectivity index (χ3v) is 3.79. The maximum atomic E-state index is 11.4. The monoisotopic (exact) mass is 316 g/mol. The van der Waals surface area contributed by atoms with E-state index in [1.54, 1.807) is 0 Å². The van der Waals surface area contributed by atoms with Crippen molar-refractivity contribution in [3.8, 4) is 0 Å². The minimum absolute atomic E-state index is 0.0665. The average molecular weight is 316 g/mol. The number of carbonyl (C=O) groups excluding carboxylic acids is 2. The molecule has 1 saturated carbocycles. The first-order chi connectivity index (χ1) is 10.7. The van der Waals surface area contributed by atoms with Crippen molar-refractivity contribution in [3.63, 3.8) is 0 Å². The zero-order valence-corrected chi connectivity index (χ0v) is 12.9. The van der Waals surface area contributed by atoms with Crippen molar-refractivity contribution in [2.45, 2.75) is 25.7 Å². The molecule has 1 fully saturated rings. The molecule has 1 rings (SSSR count). The van der Waals surface area contributed by atoms with Gasteiger partial charge in [0.05, 0.1) is 13.2 Å². The number of nitrogens with one attached hydrogen (secondary N) is 4. The highest BCUT2D eigenvalue weighted by Crippen LogP contribution is 2.28. The zero-order chi connectivity index (χ0) is 16.2. The molecule has 0 bridgehead atoms. The third kappa shape index (κ3) is 8.04. The van der Waals surface area contributed by atoms with E-state index in [1.807, 2.05) is 0 Å². The number of rotatable bonds is 8. The van der Waals surface area contributed by atoms with Crippen LogP contribution in [-0.4, -0.2) is 61.7 Å². The summed E-state index contributed by atoms with van der Waals surface area (Å²) < 4.78 is 0. The molecule has 0 radical (unpaired) electrons. The average Bonchev–Trinajstić information content (AvgIpc) is 2.54. The number of hydrogen-bond acceptors (Lipinski definition) is 4. The van der Waals surface area contributed by atoms with Crippen LogP contribution >= 0.6 is 0 Å². The summed E-state index contributed by atoms with van der Waals surface area (Å²) in [5.74, 6) is 0.835. The first-order valence-electron chi connectivity index (χ1n) is 7.90. The lowest BCUT2D eigenvalue weighted by atomic mass is 9.81. The number of amides is 4. The van der Waals surface area contributed by atoms with Crippen LogP contribution in [0.15, 0.2) is 0 Å². The van der Waals surface area contributed by atoms with E-state index in [1.165, 1.54) is 0 Å². The summed E-state index contributed by atoms with van der Waals surface area (Å²) in [4.78, 5) is 22.8. The van der Waals surface area contributed by atoms with E-state index >= 15 is 0 Å². The van der Waals surface area contributed by atoms with Gasteiger partial charge in [-0.2, -0.15) is 0 Å². The van der Waals surface area contributed by atoms with Gasteiger partial charge < -0.3 is 31.5 Å². The fraction of sp³-hybridized carbons (Fsp3) is 0.857. The van der Waals surface area contributed by atoms with E-state index in [0.717, 1.165) is 25.7 Å². The Bertz CT molecular complexity index is 311. The number of carbonyl (C=O) groups is 2. The van der Waals surface area contributed by atoms with Crippen molar-refractivity contribution >= 4 is 12.1 Å². The Kier molecular flexibility index (Phi) is 9.33. The summed E-state index contributed by atoms with van der Waals surface area (Å²) in [5, 5.41) is 28.0. The predicted molar refractivity (Wildman–Crippen MR) is 82.4 cm³/mol. The molecule has 4 amide bonds. The largest absolute Gasteiger partial charge is 0.395 e.